The third-order valence-electron chi connectivity index (χ3n) is 4.34. The summed E-state index contributed by atoms with van der Waals surface area (Å²) in [4.78, 5) is 4.09. The van der Waals surface area contributed by atoms with E-state index in [4.69, 9.17) is 44.3 Å². The van der Waals surface area contributed by atoms with Crippen LogP contribution in [0.2, 0.25) is 15.1 Å². The van der Waals surface area contributed by atoms with Crippen molar-refractivity contribution in [3.8, 4) is 0 Å². The number of hydrogen-bond acceptors (Lipinski definition) is 3. The quantitative estimate of drug-likeness (QED) is 0.572. The molecule has 0 bridgehead atoms. The average Bonchev–Trinajstić information content (AvgIpc) is 3.26. The lowest BCUT2D eigenvalue weighted by Crippen LogP contribution is -2.33. The molecule has 0 radical (unpaired) electrons. The zero-order valence-corrected chi connectivity index (χ0v) is 15.9. The number of aromatic nitrogens is 2. The van der Waals surface area contributed by atoms with Crippen molar-refractivity contribution in [2.75, 3.05) is 6.61 Å². The molecule has 1 aromatic heterocycles. The Morgan fingerprint density at radius 3 is 2.69 bits per heavy atom. The zero-order chi connectivity index (χ0) is 18.1. The smallest absolute Gasteiger partial charge is 0.215 e. The molecule has 1 fully saturated rings. The molecule has 26 heavy (non-hydrogen) atoms. The van der Waals surface area contributed by atoms with Crippen LogP contribution in [0.3, 0.4) is 0 Å². The second-order valence-corrected chi connectivity index (χ2v) is 7.30. The molecular weight excluding hydrogens is 395 g/mol. The van der Waals surface area contributed by atoms with E-state index in [-0.39, 0.29) is 6.10 Å². The maximum atomic E-state index is 6.47. The standard InChI is InChI=1S/C19H15Cl3N2O2/c20-13-5-6-15(17(22)9-13)19(11-24-8-7-23-12-24)25-10-18(26-19)14-3-1-2-4-16(14)21/h1-9,12,18H,10-11H2. The molecule has 4 rings (SSSR count). The number of hydrogen-bond donors (Lipinski definition) is 0. The van der Waals surface area contributed by atoms with Crippen LogP contribution in [0.1, 0.15) is 17.2 Å². The molecule has 1 aliphatic rings. The van der Waals surface area contributed by atoms with Gasteiger partial charge in [-0.3, -0.25) is 0 Å². The molecule has 0 saturated carbocycles. The first kappa shape index (κ1) is 17.8. The van der Waals surface area contributed by atoms with Gasteiger partial charge in [0.15, 0.2) is 0 Å². The van der Waals surface area contributed by atoms with Crippen LogP contribution in [0.25, 0.3) is 0 Å². The summed E-state index contributed by atoms with van der Waals surface area (Å²) in [5.41, 5.74) is 1.60. The molecule has 0 N–H and O–H groups in total. The molecular formula is C19H15Cl3N2O2. The third-order valence-corrected chi connectivity index (χ3v) is 5.24. The maximum absolute atomic E-state index is 6.47. The van der Waals surface area contributed by atoms with Crippen LogP contribution >= 0.6 is 34.8 Å². The molecule has 0 spiro atoms. The Hall–Kier alpha value is -1.56. The van der Waals surface area contributed by atoms with Crippen molar-refractivity contribution in [3.63, 3.8) is 0 Å². The molecule has 0 amide bonds. The van der Waals surface area contributed by atoms with E-state index in [1.54, 1.807) is 24.7 Å². The van der Waals surface area contributed by atoms with E-state index in [0.717, 1.165) is 5.56 Å². The number of benzene rings is 2. The largest absolute Gasteiger partial charge is 0.341 e. The summed E-state index contributed by atoms with van der Waals surface area (Å²) in [7, 11) is 0. The normalized spacial score (nSPS) is 22.7. The highest BCUT2D eigenvalue weighted by atomic mass is 35.5. The van der Waals surface area contributed by atoms with Gasteiger partial charge in [-0.05, 0) is 18.2 Å². The van der Waals surface area contributed by atoms with Crippen LogP contribution in [-0.2, 0) is 21.8 Å². The molecule has 2 atom stereocenters. The summed E-state index contributed by atoms with van der Waals surface area (Å²) in [6, 6.07) is 12.9. The maximum Gasteiger partial charge on any atom is 0.215 e. The molecule has 2 aromatic carbocycles. The first-order valence-electron chi connectivity index (χ1n) is 8.05. The Morgan fingerprint density at radius 2 is 1.96 bits per heavy atom. The third kappa shape index (κ3) is 3.36. The molecule has 3 aromatic rings. The van der Waals surface area contributed by atoms with Crippen molar-refractivity contribution in [1.29, 1.82) is 0 Å². The van der Waals surface area contributed by atoms with Crippen molar-refractivity contribution < 1.29 is 9.47 Å². The van der Waals surface area contributed by atoms with Crippen molar-refractivity contribution >= 4 is 34.8 Å². The Bertz CT molecular complexity index is 917. The van der Waals surface area contributed by atoms with Gasteiger partial charge in [0.1, 0.15) is 6.10 Å². The van der Waals surface area contributed by atoms with Gasteiger partial charge in [0.05, 0.1) is 24.5 Å². The van der Waals surface area contributed by atoms with Gasteiger partial charge in [-0.1, -0.05) is 59.1 Å². The lowest BCUT2D eigenvalue weighted by atomic mass is 10.1. The molecule has 2 heterocycles. The lowest BCUT2D eigenvalue weighted by Gasteiger charge is -2.30. The highest BCUT2D eigenvalue weighted by Gasteiger charge is 2.45. The summed E-state index contributed by atoms with van der Waals surface area (Å²) < 4.78 is 14.5. The van der Waals surface area contributed by atoms with E-state index in [2.05, 4.69) is 4.98 Å². The summed E-state index contributed by atoms with van der Waals surface area (Å²) in [6.45, 7) is 0.757. The van der Waals surface area contributed by atoms with Gasteiger partial charge in [-0.15, -0.1) is 0 Å². The molecule has 4 nitrogen and oxygen atoms in total. The van der Waals surface area contributed by atoms with E-state index in [1.807, 2.05) is 41.1 Å². The fraction of sp³-hybridized carbons (Fsp3) is 0.211. The minimum atomic E-state index is -1.06. The van der Waals surface area contributed by atoms with Crippen LogP contribution < -0.4 is 0 Å². The fourth-order valence-electron chi connectivity index (χ4n) is 3.13. The van der Waals surface area contributed by atoms with Crippen molar-refractivity contribution in [3.05, 3.63) is 87.4 Å². The highest BCUT2D eigenvalue weighted by molar-refractivity contribution is 6.35. The number of imidazole rings is 1. The van der Waals surface area contributed by atoms with E-state index in [0.29, 0.717) is 33.8 Å². The van der Waals surface area contributed by atoms with Gasteiger partial charge >= 0.3 is 0 Å². The van der Waals surface area contributed by atoms with E-state index < -0.39 is 5.79 Å². The first-order valence-corrected chi connectivity index (χ1v) is 9.18. The van der Waals surface area contributed by atoms with Crippen LogP contribution in [0.5, 0.6) is 0 Å². The molecule has 0 aliphatic carbocycles. The molecule has 134 valence electrons. The van der Waals surface area contributed by atoms with E-state index in [1.165, 1.54) is 0 Å². The average molecular weight is 410 g/mol. The minimum Gasteiger partial charge on any atom is -0.341 e. The topological polar surface area (TPSA) is 36.3 Å². The summed E-state index contributed by atoms with van der Waals surface area (Å²) in [5.74, 6) is -1.06. The van der Waals surface area contributed by atoms with Gasteiger partial charge in [-0.25, -0.2) is 4.98 Å². The Kier molecular flexibility index (Phi) is 4.95. The summed E-state index contributed by atoms with van der Waals surface area (Å²) in [5, 5.41) is 1.68. The van der Waals surface area contributed by atoms with Crippen molar-refractivity contribution in [2.45, 2.75) is 18.4 Å². The van der Waals surface area contributed by atoms with Gasteiger partial charge in [0.25, 0.3) is 0 Å². The number of ether oxygens (including phenoxy) is 2. The monoisotopic (exact) mass is 408 g/mol. The minimum absolute atomic E-state index is 0.307. The van der Waals surface area contributed by atoms with Gasteiger partial charge in [0.2, 0.25) is 5.79 Å². The van der Waals surface area contributed by atoms with Crippen LogP contribution in [0.15, 0.2) is 61.2 Å². The Balaban J connectivity index is 1.74. The predicted molar refractivity (Wildman–Crippen MR) is 102 cm³/mol. The number of halogens is 3. The van der Waals surface area contributed by atoms with Crippen LogP contribution in [-0.4, -0.2) is 16.2 Å². The molecule has 1 saturated heterocycles. The highest BCUT2D eigenvalue weighted by Crippen LogP contribution is 2.45. The molecule has 1 aliphatic heterocycles. The summed E-state index contributed by atoms with van der Waals surface area (Å²) in [6.07, 6.45) is 4.96. The number of nitrogens with zero attached hydrogens (tertiary/aromatic N) is 2. The first-order chi connectivity index (χ1) is 12.6. The fourth-order valence-corrected chi connectivity index (χ4v) is 3.94. The van der Waals surface area contributed by atoms with Gasteiger partial charge < -0.3 is 14.0 Å². The van der Waals surface area contributed by atoms with E-state index in [9.17, 15) is 0 Å². The SMILES string of the molecule is Clc1ccc(C2(Cn3ccnc3)OCC(c3ccccc3Cl)O2)c(Cl)c1. The van der Waals surface area contributed by atoms with Crippen molar-refractivity contribution in [2.24, 2.45) is 0 Å². The summed E-state index contributed by atoms with van der Waals surface area (Å²) >= 11 is 18.9. The van der Waals surface area contributed by atoms with E-state index >= 15 is 0 Å². The Morgan fingerprint density at radius 1 is 1.12 bits per heavy atom. The second kappa shape index (κ2) is 7.22. The zero-order valence-electron chi connectivity index (χ0n) is 13.6. The van der Waals surface area contributed by atoms with Crippen molar-refractivity contribution in [1.82, 2.24) is 9.55 Å². The number of rotatable bonds is 4. The van der Waals surface area contributed by atoms with Crippen LogP contribution in [0.4, 0.5) is 0 Å². The molecule has 2 unspecified atom stereocenters. The molecule has 7 heteroatoms. The van der Waals surface area contributed by atoms with Crippen LogP contribution in [0, 0.1) is 0 Å². The predicted octanol–water partition coefficient (Wildman–Crippen LogP) is 5.48. The van der Waals surface area contributed by atoms with Gasteiger partial charge in [-0.2, -0.15) is 0 Å². The van der Waals surface area contributed by atoms with Gasteiger partial charge in [0, 0.05) is 33.6 Å². The Labute approximate surface area is 166 Å². The lowest BCUT2D eigenvalue weighted by molar-refractivity contribution is -0.187. The second-order valence-electron chi connectivity index (χ2n) is 6.05.